The highest BCUT2D eigenvalue weighted by atomic mass is 32.2. The Morgan fingerprint density at radius 1 is 0.886 bits per heavy atom. The van der Waals surface area contributed by atoms with E-state index in [9.17, 15) is 22.4 Å². The number of nitrogens with zero attached hydrogens (tertiary/aromatic N) is 2. The Balaban J connectivity index is 1.91. The summed E-state index contributed by atoms with van der Waals surface area (Å²) in [4.78, 5) is 25.2. The summed E-state index contributed by atoms with van der Waals surface area (Å²) in [5.41, 5.74) is 0.502. The summed E-state index contributed by atoms with van der Waals surface area (Å²) in [7, 11) is 1.72. The number of methoxy groups -OCH3 is 2. The van der Waals surface area contributed by atoms with Crippen LogP contribution in [0.5, 0.6) is 11.5 Å². The highest BCUT2D eigenvalue weighted by Gasteiger charge is 2.26. The second-order valence-electron chi connectivity index (χ2n) is 7.75. The van der Waals surface area contributed by atoms with Gasteiger partial charge in [-0.2, -0.15) is 0 Å². The number of benzene rings is 3. The Morgan fingerprint density at radius 3 is 1.97 bits per heavy atom. The maximum Gasteiger partial charge on any atom is 0.328 e. The maximum atomic E-state index is 13.5. The third-order valence-electron chi connectivity index (χ3n) is 5.65. The van der Waals surface area contributed by atoms with Crippen molar-refractivity contribution in [2.24, 2.45) is 14.1 Å². The van der Waals surface area contributed by atoms with Crippen LogP contribution in [0.25, 0.3) is 11.0 Å². The summed E-state index contributed by atoms with van der Waals surface area (Å²) >= 11 is 0. The van der Waals surface area contributed by atoms with Crippen molar-refractivity contribution in [3.8, 4) is 11.5 Å². The zero-order valence-corrected chi connectivity index (χ0v) is 20.1. The van der Waals surface area contributed by atoms with Crippen LogP contribution in [0.1, 0.15) is 10.4 Å². The Bertz CT molecular complexity index is 1600. The molecule has 0 spiro atoms. The van der Waals surface area contributed by atoms with Crippen LogP contribution in [0.3, 0.4) is 0 Å². The Kier molecular flexibility index (Phi) is 6.12. The van der Waals surface area contributed by atoms with Gasteiger partial charge in [-0.3, -0.25) is 13.9 Å². The molecule has 0 aliphatic carbocycles. The van der Waals surface area contributed by atoms with Crippen molar-refractivity contribution in [3.05, 3.63) is 76.5 Å². The van der Waals surface area contributed by atoms with Gasteiger partial charge in [-0.25, -0.2) is 17.6 Å². The van der Waals surface area contributed by atoms with Crippen molar-refractivity contribution < 1.29 is 27.1 Å². The van der Waals surface area contributed by atoms with Crippen LogP contribution < -0.4 is 20.5 Å². The van der Waals surface area contributed by atoms with E-state index in [0.29, 0.717) is 22.5 Å². The van der Waals surface area contributed by atoms with E-state index in [1.54, 1.807) is 6.07 Å². The standard InChI is InChI=1S/C24H22FN3O6S/c1-27-20-12-19(26-23(29)14-9-16(33-3)11-17(10-14)34-4)22(13-21(20)28(2)24(27)30)35(31,32)18-7-5-15(25)6-8-18/h5-13H,1-4H3,(H,26,29). The van der Waals surface area contributed by atoms with Crippen LogP contribution in [-0.4, -0.2) is 37.7 Å². The van der Waals surface area contributed by atoms with Gasteiger partial charge in [0.15, 0.2) is 0 Å². The number of ether oxygens (including phenoxy) is 2. The molecule has 1 amide bonds. The molecule has 182 valence electrons. The minimum atomic E-state index is -4.21. The number of sulfone groups is 1. The molecule has 4 rings (SSSR count). The van der Waals surface area contributed by atoms with Gasteiger partial charge < -0.3 is 14.8 Å². The van der Waals surface area contributed by atoms with Gasteiger partial charge >= 0.3 is 5.69 Å². The molecule has 0 bridgehead atoms. The largest absolute Gasteiger partial charge is 0.497 e. The van der Waals surface area contributed by atoms with Gasteiger partial charge in [0.1, 0.15) is 17.3 Å². The van der Waals surface area contributed by atoms with Crippen LogP contribution in [0.15, 0.2) is 69.2 Å². The number of imidazole rings is 1. The van der Waals surface area contributed by atoms with E-state index >= 15 is 0 Å². The lowest BCUT2D eigenvalue weighted by molar-refractivity contribution is 0.102. The topological polar surface area (TPSA) is 109 Å². The zero-order chi connectivity index (χ0) is 25.5. The smallest absolute Gasteiger partial charge is 0.328 e. The van der Waals surface area contributed by atoms with Crippen LogP contribution in [0.4, 0.5) is 10.1 Å². The molecule has 0 saturated heterocycles. The SMILES string of the molecule is COc1cc(OC)cc(C(=O)Nc2cc3c(cc2S(=O)(=O)c2ccc(F)cc2)n(C)c(=O)n3C)c1. The van der Waals surface area contributed by atoms with Crippen LogP contribution in [-0.2, 0) is 23.9 Å². The van der Waals surface area contributed by atoms with Crippen molar-refractivity contribution in [3.63, 3.8) is 0 Å². The van der Waals surface area contributed by atoms with E-state index in [0.717, 1.165) is 24.3 Å². The number of nitrogens with one attached hydrogen (secondary N) is 1. The van der Waals surface area contributed by atoms with Gasteiger partial charge in [0, 0.05) is 25.7 Å². The molecule has 0 atom stereocenters. The lowest BCUT2D eigenvalue weighted by Crippen LogP contribution is -2.19. The molecule has 1 aromatic heterocycles. The number of carbonyl (C=O) groups is 1. The molecule has 0 unspecified atom stereocenters. The van der Waals surface area contributed by atoms with Crippen molar-refractivity contribution >= 4 is 32.5 Å². The van der Waals surface area contributed by atoms with Gasteiger partial charge in [-0.15, -0.1) is 0 Å². The average Bonchev–Trinajstić information content (AvgIpc) is 3.06. The van der Waals surface area contributed by atoms with Crippen molar-refractivity contribution in [2.45, 2.75) is 9.79 Å². The molecule has 3 aromatic carbocycles. The molecule has 9 nitrogen and oxygen atoms in total. The lowest BCUT2D eigenvalue weighted by atomic mass is 10.1. The predicted octanol–water partition coefficient (Wildman–Crippen LogP) is 3.12. The fourth-order valence-electron chi connectivity index (χ4n) is 3.72. The number of anilines is 1. The highest BCUT2D eigenvalue weighted by molar-refractivity contribution is 7.91. The second-order valence-corrected chi connectivity index (χ2v) is 9.67. The Labute approximate surface area is 200 Å². The molecule has 0 aliphatic rings. The molecule has 0 aliphatic heterocycles. The van der Waals surface area contributed by atoms with Gasteiger partial charge in [0.05, 0.1) is 40.7 Å². The normalized spacial score (nSPS) is 11.5. The molecule has 35 heavy (non-hydrogen) atoms. The average molecular weight is 500 g/mol. The number of hydrogen-bond donors (Lipinski definition) is 1. The highest BCUT2D eigenvalue weighted by Crippen LogP contribution is 2.33. The minimum Gasteiger partial charge on any atom is -0.497 e. The number of fused-ring (bicyclic) bond motifs is 1. The van der Waals surface area contributed by atoms with E-state index < -0.39 is 21.6 Å². The van der Waals surface area contributed by atoms with E-state index in [1.165, 1.54) is 61.7 Å². The van der Waals surface area contributed by atoms with Crippen LogP contribution in [0, 0.1) is 5.82 Å². The number of hydrogen-bond acceptors (Lipinski definition) is 6. The first-order valence-corrected chi connectivity index (χ1v) is 11.8. The van der Waals surface area contributed by atoms with E-state index in [4.69, 9.17) is 9.47 Å². The molecule has 0 fully saturated rings. The third-order valence-corrected chi connectivity index (χ3v) is 7.46. The van der Waals surface area contributed by atoms with Gasteiger partial charge in [0.2, 0.25) is 9.84 Å². The van der Waals surface area contributed by atoms with E-state index in [1.807, 2.05) is 0 Å². The summed E-state index contributed by atoms with van der Waals surface area (Å²) in [6.45, 7) is 0. The van der Waals surface area contributed by atoms with Crippen molar-refractivity contribution in [1.29, 1.82) is 0 Å². The molecular formula is C24H22FN3O6S. The predicted molar refractivity (Wildman–Crippen MR) is 128 cm³/mol. The maximum absolute atomic E-state index is 13.5. The number of halogens is 1. The number of aryl methyl sites for hydroxylation is 2. The van der Waals surface area contributed by atoms with E-state index in [2.05, 4.69) is 5.32 Å². The summed E-state index contributed by atoms with van der Waals surface area (Å²) in [5.74, 6) is -0.479. The molecule has 1 N–H and O–H groups in total. The van der Waals surface area contributed by atoms with Crippen molar-refractivity contribution in [1.82, 2.24) is 9.13 Å². The Morgan fingerprint density at radius 2 is 1.43 bits per heavy atom. The van der Waals surface area contributed by atoms with Gasteiger partial charge in [-0.05, 0) is 48.5 Å². The fraction of sp³-hybridized carbons (Fsp3) is 0.167. The van der Waals surface area contributed by atoms with Crippen molar-refractivity contribution in [2.75, 3.05) is 19.5 Å². The zero-order valence-electron chi connectivity index (χ0n) is 19.3. The molecule has 1 heterocycles. The quantitative estimate of drug-likeness (QED) is 0.409. The molecule has 4 aromatic rings. The summed E-state index contributed by atoms with van der Waals surface area (Å²) in [5, 5.41) is 2.64. The monoisotopic (exact) mass is 499 g/mol. The molecular weight excluding hydrogens is 477 g/mol. The summed E-state index contributed by atoms with van der Waals surface area (Å²) in [6.07, 6.45) is 0. The summed E-state index contributed by atoms with van der Waals surface area (Å²) < 4.78 is 53.5. The molecule has 0 radical (unpaired) electrons. The first-order chi connectivity index (χ1) is 16.6. The van der Waals surface area contributed by atoms with Crippen LogP contribution in [0.2, 0.25) is 0 Å². The number of carbonyl (C=O) groups excluding carboxylic acids is 1. The second kappa shape index (κ2) is 8.91. The first-order valence-electron chi connectivity index (χ1n) is 10.3. The minimum absolute atomic E-state index is 0.0465. The van der Waals surface area contributed by atoms with Gasteiger partial charge in [-0.1, -0.05) is 0 Å². The van der Waals surface area contributed by atoms with Gasteiger partial charge in [0.25, 0.3) is 5.91 Å². The third kappa shape index (κ3) is 4.26. The number of amides is 1. The van der Waals surface area contributed by atoms with E-state index in [-0.39, 0.29) is 26.7 Å². The summed E-state index contributed by atoms with van der Waals surface area (Å²) in [6, 6.07) is 11.6. The Hall–Kier alpha value is -4.12. The lowest BCUT2D eigenvalue weighted by Gasteiger charge is -2.14. The van der Waals surface area contributed by atoms with Crippen LogP contribution >= 0.6 is 0 Å². The molecule has 0 saturated carbocycles. The molecule has 11 heteroatoms. The first kappa shape index (κ1) is 24.0. The fourth-order valence-corrected chi connectivity index (χ4v) is 5.13. The number of aromatic nitrogens is 2. The number of rotatable bonds is 6.